The summed E-state index contributed by atoms with van der Waals surface area (Å²) < 4.78 is 10.4. The zero-order chi connectivity index (χ0) is 30.1. The van der Waals surface area contributed by atoms with Crippen molar-refractivity contribution in [1.82, 2.24) is 15.6 Å². The molecule has 4 rings (SSSR count). The predicted octanol–water partition coefficient (Wildman–Crippen LogP) is 6.22. The van der Waals surface area contributed by atoms with E-state index in [1.807, 2.05) is 75.4 Å². The van der Waals surface area contributed by atoms with Crippen LogP contribution < -0.4 is 10.6 Å². The Hall–Kier alpha value is -4.63. The molecule has 0 aliphatic carbocycles. The zero-order valence-electron chi connectivity index (χ0n) is 24.5. The molecule has 0 fully saturated rings. The lowest BCUT2D eigenvalue weighted by Gasteiger charge is -2.19. The number of amides is 1. The molecule has 3 aromatic carbocycles. The molecule has 0 spiro atoms. The van der Waals surface area contributed by atoms with Crippen molar-refractivity contribution in [3.8, 4) is 5.88 Å². The highest BCUT2D eigenvalue weighted by molar-refractivity contribution is 6.22. The Morgan fingerprint density at radius 2 is 1.69 bits per heavy atom. The summed E-state index contributed by atoms with van der Waals surface area (Å²) in [4.78, 5) is 31.9. The van der Waals surface area contributed by atoms with Gasteiger partial charge in [0.2, 0.25) is 0 Å². The van der Waals surface area contributed by atoms with Crippen molar-refractivity contribution in [2.24, 2.45) is 4.99 Å². The average Bonchev–Trinajstić information content (AvgIpc) is 3.28. The normalized spacial score (nSPS) is 11.9. The van der Waals surface area contributed by atoms with Crippen LogP contribution in [0.3, 0.4) is 0 Å². The number of nitrogens with zero attached hydrogens (tertiary/aromatic N) is 1. The van der Waals surface area contributed by atoms with Crippen molar-refractivity contribution >= 4 is 34.4 Å². The first-order chi connectivity index (χ1) is 20.1. The third kappa shape index (κ3) is 8.20. The van der Waals surface area contributed by atoms with Gasteiger partial charge in [0.1, 0.15) is 5.60 Å². The molecule has 9 nitrogen and oxygen atoms in total. The predicted molar refractivity (Wildman–Crippen MR) is 165 cm³/mol. The van der Waals surface area contributed by atoms with Crippen molar-refractivity contribution in [2.75, 3.05) is 19.7 Å². The van der Waals surface area contributed by atoms with Gasteiger partial charge in [0.25, 0.3) is 0 Å². The Kier molecular flexibility index (Phi) is 9.98. The number of H-pyrrole nitrogens is 1. The van der Waals surface area contributed by atoms with Gasteiger partial charge in [-0.05, 0) is 70.5 Å². The maximum Gasteiger partial charge on any atom is 0.407 e. The minimum absolute atomic E-state index is 0.0319. The highest BCUT2D eigenvalue weighted by Crippen LogP contribution is 2.32. The largest absolute Gasteiger partial charge is 0.494 e. The number of ether oxygens (including phenoxy) is 2. The van der Waals surface area contributed by atoms with Gasteiger partial charge in [0.15, 0.2) is 5.88 Å². The number of aromatic amines is 1. The summed E-state index contributed by atoms with van der Waals surface area (Å²) in [5.74, 6) is -0.449. The maximum absolute atomic E-state index is 12.2. The standard InChI is InChI=1S/C33H38N4O5/c1-5-41-31(39)24-14-17-26-27(20-24)37-30(38)28(26)29(23-10-7-6-8-11-23)36-25-15-12-22(13-16-25)21-34-18-9-19-35-32(40)42-33(2,3)4/h6-8,10-17,20,34,37-38H,5,9,18-19,21H2,1-4H3,(H,35,40). The zero-order valence-corrected chi connectivity index (χ0v) is 24.5. The van der Waals surface area contributed by atoms with E-state index in [0.717, 1.165) is 35.2 Å². The number of hydrogen-bond donors (Lipinski definition) is 4. The van der Waals surface area contributed by atoms with E-state index in [1.54, 1.807) is 25.1 Å². The summed E-state index contributed by atoms with van der Waals surface area (Å²) in [6.45, 7) is 9.50. The second-order valence-corrected chi connectivity index (χ2v) is 10.8. The number of alkyl carbamates (subject to hydrolysis) is 1. The first-order valence-electron chi connectivity index (χ1n) is 14.1. The average molecular weight is 571 g/mol. The molecule has 0 radical (unpaired) electrons. The van der Waals surface area contributed by atoms with Gasteiger partial charge < -0.3 is 30.2 Å². The van der Waals surface area contributed by atoms with Gasteiger partial charge in [-0.25, -0.2) is 14.6 Å². The van der Waals surface area contributed by atoms with E-state index in [2.05, 4.69) is 15.6 Å². The topological polar surface area (TPSA) is 125 Å². The SMILES string of the molecule is CCOC(=O)c1ccc2c(C(=Nc3ccc(CNCCCNC(=O)OC(C)(C)C)cc3)c3ccccc3)c(O)[nH]c2c1. The van der Waals surface area contributed by atoms with E-state index in [1.165, 1.54) is 0 Å². The van der Waals surface area contributed by atoms with Crippen molar-refractivity contribution in [3.05, 3.63) is 95.1 Å². The molecule has 4 aromatic rings. The van der Waals surface area contributed by atoms with E-state index in [-0.39, 0.29) is 12.5 Å². The summed E-state index contributed by atoms with van der Waals surface area (Å²) in [5, 5.41) is 17.9. The van der Waals surface area contributed by atoms with Gasteiger partial charge in [0.05, 0.1) is 29.1 Å². The van der Waals surface area contributed by atoms with Gasteiger partial charge in [0, 0.05) is 29.6 Å². The van der Waals surface area contributed by atoms with Gasteiger partial charge in [-0.2, -0.15) is 0 Å². The molecule has 220 valence electrons. The first kappa shape index (κ1) is 30.3. The number of aromatic nitrogens is 1. The molecule has 42 heavy (non-hydrogen) atoms. The minimum atomic E-state index is -0.508. The van der Waals surface area contributed by atoms with Crippen molar-refractivity contribution in [1.29, 1.82) is 0 Å². The molecule has 0 aliphatic heterocycles. The second kappa shape index (κ2) is 13.8. The number of rotatable bonds is 11. The van der Waals surface area contributed by atoms with Crippen LogP contribution in [0.4, 0.5) is 10.5 Å². The molecular formula is C33H38N4O5. The summed E-state index contributed by atoms with van der Waals surface area (Å²) >= 11 is 0. The number of fused-ring (bicyclic) bond motifs is 1. The van der Waals surface area contributed by atoms with Crippen LogP contribution in [0.15, 0.2) is 77.8 Å². The molecule has 0 saturated carbocycles. The molecule has 0 aliphatic rings. The van der Waals surface area contributed by atoms with Crippen LogP contribution in [0, 0.1) is 0 Å². The number of carbonyl (C=O) groups excluding carboxylic acids is 2. The third-order valence-electron chi connectivity index (χ3n) is 6.28. The van der Waals surface area contributed by atoms with Gasteiger partial charge in [-0.1, -0.05) is 48.5 Å². The third-order valence-corrected chi connectivity index (χ3v) is 6.28. The molecule has 0 atom stereocenters. The number of aromatic hydroxyl groups is 1. The Morgan fingerprint density at radius 3 is 2.38 bits per heavy atom. The van der Waals surface area contributed by atoms with Crippen LogP contribution in [-0.4, -0.2) is 53.2 Å². The van der Waals surface area contributed by atoms with Crippen LogP contribution in [0.2, 0.25) is 0 Å². The maximum atomic E-state index is 12.2. The summed E-state index contributed by atoms with van der Waals surface area (Å²) in [5.41, 5.74) is 4.33. The quantitative estimate of drug-likeness (QED) is 0.0963. The molecule has 9 heteroatoms. The fourth-order valence-corrected chi connectivity index (χ4v) is 4.39. The molecule has 1 aromatic heterocycles. The molecule has 0 saturated heterocycles. The van der Waals surface area contributed by atoms with E-state index < -0.39 is 17.7 Å². The number of esters is 1. The Bertz CT molecular complexity index is 1540. The molecular weight excluding hydrogens is 532 g/mol. The van der Waals surface area contributed by atoms with Crippen LogP contribution in [-0.2, 0) is 16.0 Å². The van der Waals surface area contributed by atoms with Crippen LogP contribution in [0.25, 0.3) is 10.9 Å². The smallest absolute Gasteiger partial charge is 0.407 e. The van der Waals surface area contributed by atoms with E-state index in [0.29, 0.717) is 35.4 Å². The van der Waals surface area contributed by atoms with Crippen LogP contribution in [0.5, 0.6) is 5.88 Å². The fraction of sp³-hybridized carbons (Fsp3) is 0.303. The summed E-state index contributed by atoms with van der Waals surface area (Å²) in [6.07, 6.45) is 0.369. The lowest BCUT2D eigenvalue weighted by Crippen LogP contribution is -2.33. The number of nitrogens with one attached hydrogen (secondary N) is 3. The van der Waals surface area contributed by atoms with Crippen molar-refractivity contribution < 1.29 is 24.2 Å². The highest BCUT2D eigenvalue weighted by atomic mass is 16.6. The van der Waals surface area contributed by atoms with Gasteiger partial charge >= 0.3 is 12.1 Å². The van der Waals surface area contributed by atoms with Gasteiger partial charge in [-0.3, -0.25) is 0 Å². The number of aliphatic imine (C=N–C) groups is 1. The molecule has 1 heterocycles. The van der Waals surface area contributed by atoms with E-state index in [4.69, 9.17) is 14.5 Å². The molecule has 0 bridgehead atoms. The van der Waals surface area contributed by atoms with Crippen molar-refractivity contribution in [2.45, 2.75) is 46.3 Å². The lowest BCUT2D eigenvalue weighted by atomic mass is 10.00. The molecule has 1 amide bonds. The molecule has 0 unspecified atom stereocenters. The van der Waals surface area contributed by atoms with Crippen molar-refractivity contribution in [3.63, 3.8) is 0 Å². The van der Waals surface area contributed by atoms with Crippen LogP contribution in [0.1, 0.15) is 61.2 Å². The number of carbonyl (C=O) groups is 2. The number of hydrogen-bond acceptors (Lipinski definition) is 7. The lowest BCUT2D eigenvalue weighted by molar-refractivity contribution is 0.0516. The fourth-order valence-electron chi connectivity index (χ4n) is 4.39. The Balaban J connectivity index is 1.47. The monoisotopic (exact) mass is 570 g/mol. The van der Waals surface area contributed by atoms with Gasteiger partial charge in [-0.15, -0.1) is 0 Å². The highest BCUT2D eigenvalue weighted by Gasteiger charge is 2.20. The van der Waals surface area contributed by atoms with E-state index >= 15 is 0 Å². The number of benzene rings is 3. The molecule has 4 N–H and O–H groups in total. The van der Waals surface area contributed by atoms with E-state index in [9.17, 15) is 14.7 Å². The summed E-state index contributed by atoms with van der Waals surface area (Å²) in [6, 6.07) is 22.7. The second-order valence-electron chi connectivity index (χ2n) is 10.8. The minimum Gasteiger partial charge on any atom is -0.494 e. The summed E-state index contributed by atoms with van der Waals surface area (Å²) in [7, 11) is 0. The van der Waals surface area contributed by atoms with Crippen LogP contribution >= 0.6 is 0 Å². The Morgan fingerprint density at radius 1 is 0.952 bits per heavy atom. The first-order valence-corrected chi connectivity index (χ1v) is 14.1. The Labute approximate surface area is 246 Å².